The zero-order valence-electron chi connectivity index (χ0n) is 10.7. The predicted octanol–water partition coefficient (Wildman–Crippen LogP) is 4.28. The largest absolute Gasteiger partial charge is 0.416 e. The number of pyridine rings is 1. The molecule has 0 saturated carbocycles. The molecule has 0 amide bonds. The van der Waals surface area contributed by atoms with E-state index in [0.29, 0.717) is 5.75 Å². The van der Waals surface area contributed by atoms with E-state index >= 15 is 0 Å². The standard InChI is InChI=1S/C14H13F3N2S/c1-9-4-2-3-5-10(9)8-20-13-7-11(14(15,16)17)6-12(18)19-13/h2-7H,8H2,1H3,(H2,18,19). The van der Waals surface area contributed by atoms with Crippen LogP contribution in [-0.4, -0.2) is 4.98 Å². The SMILES string of the molecule is Cc1ccccc1CSc1cc(C(F)(F)F)cc(N)n1. The van der Waals surface area contributed by atoms with E-state index in [2.05, 4.69) is 4.98 Å². The molecule has 20 heavy (non-hydrogen) atoms. The van der Waals surface area contributed by atoms with E-state index in [9.17, 15) is 13.2 Å². The molecule has 0 atom stereocenters. The van der Waals surface area contributed by atoms with Crippen molar-refractivity contribution in [1.82, 2.24) is 4.98 Å². The molecule has 0 aliphatic carbocycles. The van der Waals surface area contributed by atoms with Gasteiger partial charge < -0.3 is 5.73 Å². The normalized spacial score (nSPS) is 11.6. The molecule has 106 valence electrons. The van der Waals surface area contributed by atoms with Gasteiger partial charge in [-0.15, -0.1) is 11.8 Å². The fraction of sp³-hybridized carbons (Fsp3) is 0.214. The number of hydrogen-bond donors (Lipinski definition) is 1. The van der Waals surface area contributed by atoms with Gasteiger partial charge in [-0.05, 0) is 30.2 Å². The molecule has 1 aromatic heterocycles. The Labute approximate surface area is 119 Å². The number of aryl methyl sites for hydroxylation is 1. The van der Waals surface area contributed by atoms with Crippen molar-refractivity contribution in [3.63, 3.8) is 0 Å². The van der Waals surface area contributed by atoms with Gasteiger partial charge in [0.15, 0.2) is 0 Å². The zero-order valence-corrected chi connectivity index (χ0v) is 11.6. The lowest BCUT2D eigenvalue weighted by Gasteiger charge is -2.10. The van der Waals surface area contributed by atoms with Crippen LogP contribution in [0, 0.1) is 6.92 Å². The molecule has 6 heteroatoms. The number of rotatable bonds is 3. The van der Waals surface area contributed by atoms with Crippen molar-refractivity contribution in [2.45, 2.75) is 23.9 Å². The fourth-order valence-electron chi connectivity index (χ4n) is 1.69. The summed E-state index contributed by atoms with van der Waals surface area (Å²) in [5.41, 5.74) is 6.83. The number of nitrogens with zero attached hydrogens (tertiary/aromatic N) is 1. The molecular formula is C14H13F3N2S. The lowest BCUT2D eigenvalue weighted by molar-refractivity contribution is -0.137. The van der Waals surface area contributed by atoms with Crippen LogP contribution in [0.4, 0.5) is 19.0 Å². The van der Waals surface area contributed by atoms with Crippen molar-refractivity contribution < 1.29 is 13.2 Å². The Bertz CT molecular complexity index is 612. The van der Waals surface area contributed by atoms with Gasteiger partial charge in [-0.1, -0.05) is 24.3 Å². The number of halogens is 3. The minimum absolute atomic E-state index is 0.118. The zero-order chi connectivity index (χ0) is 14.8. The third-order valence-corrected chi connectivity index (χ3v) is 3.75. The quantitative estimate of drug-likeness (QED) is 0.859. The third-order valence-electron chi connectivity index (χ3n) is 2.79. The topological polar surface area (TPSA) is 38.9 Å². The van der Waals surface area contributed by atoms with Gasteiger partial charge in [0, 0.05) is 5.75 Å². The fourth-order valence-corrected chi connectivity index (χ4v) is 2.69. The molecule has 0 unspecified atom stereocenters. The van der Waals surface area contributed by atoms with E-state index in [4.69, 9.17) is 5.73 Å². The number of anilines is 1. The highest BCUT2D eigenvalue weighted by atomic mass is 32.2. The summed E-state index contributed by atoms with van der Waals surface area (Å²) < 4.78 is 38.0. The van der Waals surface area contributed by atoms with Gasteiger partial charge in [-0.3, -0.25) is 0 Å². The molecule has 0 aliphatic rings. The maximum Gasteiger partial charge on any atom is 0.416 e. The van der Waals surface area contributed by atoms with Crippen LogP contribution in [0.5, 0.6) is 0 Å². The molecule has 1 heterocycles. The lowest BCUT2D eigenvalue weighted by atomic mass is 10.1. The highest BCUT2D eigenvalue weighted by Crippen LogP contribution is 2.33. The molecule has 0 spiro atoms. The number of alkyl halides is 3. The summed E-state index contributed by atoms with van der Waals surface area (Å²) in [6.45, 7) is 1.96. The summed E-state index contributed by atoms with van der Waals surface area (Å²) in [4.78, 5) is 3.93. The molecule has 1 aromatic carbocycles. The monoisotopic (exact) mass is 298 g/mol. The van der Waals surface area contributed by atoms with E-state index < -0.39 is 11.7 Å². The summed E-state index contributed by atoms with van der Waals surface area (Å²) in [6, 6.07) is 9.60. The van der Waals surface area contributed by atoms with Crippen molar-refractivity contribution in [3.8, 4) is 0 Å². The molecule has 2 N–H and O–H groups in total. The summed E-state index contributed by atoms with van der Waals surface area (Å²) in [6.07, 6.45) is -4.41. The number of benzene rings is 1. The second kappa shape index (κ2) is 5.75. The van der Waals surface area contributed by atoms with Crippen molar-refractivity contribution in [2.24, 2.45) is 0 Å². The van der Waals surface area contributed by atoms with E-state index in [1.807, 2.05) is 31.2 Å². The average Bonchev–Trinajstić information content (AvgIpc) is 2.36. The molecule has 2 aromatic rings. The van der Waals surface area contributed by atoms with Crippen LogP contribution in [0.2, 0.25) is 0 Å². The van der Waals surface area contributed by atoms with Gasteiger partial charge in [0.1, 0.15) is 5.82 Å². The van der Waals surface area contributed by atoms with Crippen LogP contribution >= 0.6 is 11.8 Å². The number of aromatic nitrogens is 1. The Morgan fingerprint density at radius 3 is 2.55 bits per heavy atom. The van der Waals surface area contributed by atoms with E-state index in [0.717, 1.165) is 23.3 Å². The highest BCUT2D eigenvalue weighted by molar-refractivity contribution is 7.98. The average molecular weight is 298 g/mol. The van der Waals surface area contributed by atoms with Gasteiger partial charge in [-0.25, -0.2) is 4.98 Å². The number of nitrogens with two attached hydrogens (primary N) is 1. The molecule has 2 rings (SSSR count). The Morgan fingerprint density at radius 1 is 1.20 bits per heavy atom. The first-order valence-electron chi connectivity index (χ1n) is 5.88. The highest BCUT2D eigenvalue weighted by Gasteiger charge is 2.31. The Hall–Kier alpha value is -1.69. The Balaban J connectivity index is 2.18. The molecule has 0 aliphatic heterocycles. The first-order chi connectivity index (χ1) is 9.36. The molecule has 2 nitrogen and oxygen atoms in total. The number of nitrogen functional groups attached to an aromatic ring is 1. The third kappa shape index (κ3) is 3.66. The van der Waals surface area contributed by atoms with Gasteiger partial charge in [0.05, 0.1) is 10.6 Å². The summed E-state index contributed by atoms with van der Waals surface area (Å²) in [5.74, 6) is 0.438. The van der Waals surface area contributed by atoms with Crippen LogP contribution in [-0.2, 0) is 11.9 Å². The van der Waals surface area contributed by atoms with Gasteiger partial charge in [0.25, 0.3) is 0 Å². The molecule has 0 saturated heterocycles. The van der Waals surface area contributed by atoms with E-state index in [-0.39, 0.29) is 10.8 Å². The summed E-state index contributed by atoms with van der Waals surface area (Å²) in [5, 5.41) is 0.278. The second-order valence-corrected chi connectivity index (χ2v) is 5.33. The Morgan fingerprint density at radius 2 is 1.90 bits per heavy atom. The van der Waals surface area contributed by atoms with E-state index in [1.165, 1.54) is 11.8 Å². The number of thioether (sulfide) groups is 1. The lowest BCUT2D eigenvalue weighted by Crippen LogP contribution is -2.07. The summed E-state index contributed by atoms with van der Waals surface area (Å²) >= 11 is 1.24. The minimum atomic E-state index is -4.41. The first kappa shape index (κ1) is 14.7. The maximum absolute atomic E-state index is 12.7. The molecule has 0 radical (unpaired) electrons. The van der Waals surface area contributed by atoms with Crippen LogP contribution in [0.1, 0.15) is 16.7 Å². The Kier molecular flexibility index (Phi) is 4.23. The molecule has 0 fully saturated rings. The van der Waals surface area contributed by atoms with Gasteiger partial charge in [0.2, 0.25) is 0 Å². The van der Waals surface area contributed by atoms with Crippen molar-refractivity contribution in [3.05, 3.63) is 53.1 Å². The van der Waals surface area contributed by atoms with Crippen LogP contribution in [0.25, 0.3) is 0 Å². The molecule has 0 bridgehead atoms. The van der Waals surface area contributed by atoms with Gasteiger partial charge >= 0.3 is 6.18 Å². The minimum Gasteiger partial charge on any atom is -0.384 e. The van der Waals surface area contributed by atoms with E-state index in [1.54, 1.807) is 0 Å². The first-order valence-corrected chi connectivity index (χ1v) is 6.87. The van der Waals surface area contributed by atoms with Crippen molar-refractivity contribution in [1.29, 1.82) is 0 Å². The van der Waals surface area contributed by atoms with Crippen molar-refractivity contribution >= 4 is 17.6 Å². The maximum atomic E-state index is 12.7. The van der Waals surface area contributed by atoms with Crippen LogP contribution < -0.4 is 5.73 Å². The second-order valence-electron chi connectivity index (χ2n) is 4.33. The summed E-state index contributed by atoms with van der Waals surface area (Å²) in [7, 11) is 0. The smallest absolute Gasteiger partial charge is 0.384 e. The number of hydrogen-bond acceptors (Lipinski definition) is 3. The van der Waals surface area contributed by atoms with Crippen LogP contribution in [0.15, 0.2) is 41.4 Å². The van der Waals surface area contributed by atoms with Gasteiger partial charge in [-0.2, -0.15) is 13.2 Å². The predicted molar refractivity (Wildman–Crippen MR) is 74.4 cm³/mol. The van der Waals surface area contributed by atoms with Crippen molar-refractivity contribution in [2.75, 3.05) is 5.73 Å². The van der Waals surface area contributed by atoms with Crippen LogP contribution in [0.3, 0.4) is 0 Å². The molecular weight excluding hydrogens is 285 g/mol.